The van der Waals surface area contributed by atoms with Crippen LogP contribution in [0.1, 0.15) is 34.1 Å². The van der Waals surface area contributed by atoms with Gasteiger partial charge in [0.15, 0.2) is 0 Å². The maximum atomic E-state index is 2.34. The highest BCUT2D eigenvalue weighted by atomic mass is 14.2. The Kier molecular flexibility index (Phi) is 3.13. The van der Waals surface area contributed by atoms with E-state index in [1.165, 1.54) is 6.42 Å². The number of allylic oxidation sites excluding steroid dienone is 4. The van der Waals surface area contributed by atoms with Gasteiger partial charge in [-0.2, -0.15) is 0 Å². The molecule has 0 fully saturated rings. The monoisotopic (exact) mass is 164 g/mol. The lowest BCUT2D eigenvalue weighted by molar-refractivity contribution is 0.443. The molecule has 1 aliphatic rings. The molecule has 0 heteroatoms. The molecule has 0 aromatic heterocycles. The van der Waals surface area contributed by atoms with Gasteiger partial charge in [-0.05, 0) is 24.2 Å². The summed E-state index contributed by atoms with van der Waals surface area (Å²) < 4.78 is 0. The number of hydrogen-bond acceptors (Lipinski definition) is 0. The Morgan fingerprint density at radius 1 is 1.25 bits per heavy atom. The largest absolute Gasteiger partial charge is 0.0808 e. The van der Waals surface area contributed by atoms with Crippen LogP contribution in [-0.2, 0) is 0 Å². The van der Waals surface area contributed by atoms with Crippen LogP contribution in [-0.4, -0.2) is 0 Å². The Balaban J connectivity index is 2.61. The first-order valence-corrected chi connectivity index (χ1v) is 4.98. The van der Waals surface area contributed by atoms with Gasteiger partial charge in [0, 0.05) is 0 Å². The van der Waals surface area contributed by atoms with Gasteiger partial charge in [0.2, 0.25) is 0 Å². The van der Waals surface area contributed by atoms with Gasteiger partial charge in [0.05, 0.1) is 0 Å². The normalized spacial score (nSPS) is 23.5. The lowest BCUT2D eigenvalue weighted by Gasteiger charge is -2.23. The summed E-state index contributed by atoms with van der Waals surface area (Å²) in [5.74, 6) is 2.27. The van der Waals surface area contributed by atoms with Crippen molar-refractivity contribution in [2.24, 2.45) is 17.8 Å². The predicted octanol–water partition coefficient (Wildman–Crippen LogP) is 3.80. The minimum Gasteiger partial charge on any atom is -0.0808 e. The number of rotatable bonds is 2. The van der Waals surface area contributed by atoms with Crippen molar-refractivity contribution >= 4 is 0 Å². The van der Waals surface area contributed by atoms with Gasteiger partial charge in [-0.1, -0.05) is 51.5 Å². The van der Waals surface area contributed by atoms with Crippen molar-refractivity contribution in [1.29, 1.82) is 0 Å². The van der Waals surface area contributed by atoms with E-state index in [0.717, 1.165) is 17.8 Å². The van der Waals surface area contributed by atoms with Crippen LogP contribution in [0.5, 0.6) is 0 Å². The fourth-order valence-corrected chi connectivity index (χ4v) is 1.62. The molecule has 1 rings (SSSR count). The molecule has 1 aliphatic carbocycles. The Bertz CT molecular complexity index is 194. The maximum absolute atomic E-state index is 2.34. The zero-order valence-electron chi connectivity index (χ0n) is 8.67. The van der Waals surface area contributed by atoms with Gasteiger partial charge in [-0.3, -0.25) is 0 Å². The highest BCUT2D eigenvalue weighted by molar-refractivity contribution is 5.21. The molecule has 0 spiro atoms. The van der Waals surface area contributed by atoms with Crippen molar-refractivity contribution in [3.63, 3.8) is 0 Å². The van der Waals surface area contributed by atoms with E-state index in [4.69, 9.17) is 0 Å². The highest BCUT2D eigenvalue weighted by Gasteiger charge is 2.15. The number of hydrogen-bond donors (Lipinski definition) is 0. The Labute approximate surface area is 76.4 Å². The van der Waals surface area contributed by atoms with Crippen LogP contribution in [0, 0.1) is 17.8 Å². The average molecular weight is 164 g/mol. The summed E-state index contributed by atoms with van der Waals surface area (Å²) in [6.07, 6.45) is 8.12. The summed E-state index contributed by atoms with van der Waals surface area (Å²) in [7, 11) is 0. The molecule has 12 heavy (non-hydrogen) atoms. The fraction of sp³-hybridized carbons (Fsp3) is 0.667. The van der Waals surface area contributed by atoms with Crippen LogP contribution in [0.4, 0.5) is 0 Å². The maximum Gasteiger partial charge on any atom is -0.0170 e. The van der Waals surface area contributed by atoms with Crippen LogP contribution in [0.15, 0.2) is 23.8 Å². The van der Waals surface area contributed by atoms with Crippen molar-refractivity contribution < 1.29 is 0 Å². The zero-order valence-corrected chi connectivity index (χ0v) is 8.67. The molecule has 0 bridgehead atoms. The van der Waals surface area contributed by atoms with E-state index in [-0.39, 0.29) is 0 Å². The van der Waals surface area contributed by atoms with Crippen molar-refractivity contribution in [2.75, 3.05) is 0 Å². The lowest BCUT2D eigenvalue weighted by Crippen LogP contribution is -2.11. The SMILES string of the molecule is CC(C)C1=CC=CC(C(C)C)C1. The lowest BCUT2D eigenvalue weighted by atomic mass is 9.82. The molecule has 0 N–H and O–H groups in total. The predicted molar refractivity (Wildman–Crippen MR) is 55.0 cm³/mol. The molecule has 68 valence electrons. The summed E-state index contributed by atoms with van der Waals surface area (Å²) in [6.45, 7) is 9.17. The minimum atomic E-state index is 0.719. The highest BCUT2D eigenvalue weighted by Crippen LogP contribution is 2.28. The van der Waals surface area contributed by atoms with E-state index in [2.05, 4.69) is 45.9 Å². The Morgan fingerprint density at radius 3 is 2.42 bits per heavy atom. The zero-order chi connectivity index (χ0) is 9.14. The Hall–Kier alpha value is -0.520. The van der Waals surface area contributed by atoms with E-state index >= 15 is 0 Å². The van der Waals surface area contributed by atoms with Crippen LogP contribution in [0.3, 0.4) is 0 Å². The first-order chi connectivity index (χ1) is 5.61. The Morgan fingerprint density at radius 2 is 1.92 bits per heavy atom. The van der Waals surface area contributed by atoms with Gasteiger partial charge in [0.1, 0.15) is 0 Å². The molecule has 0 aromatic rings. The second-order valence-electron chi connectivity index (χ2n) is 4.39. The van der Waals surface area contributed by atoms with Crippen LogP contribution in [0.25, 0.3) is 0 Å². The summed E-state index contributed by atoms with van der Waals surface area (Å²) >= 11 is 0. The second-order valence-corrected chi connectivity index (χ2v) is 4.39. The smallest absolute Gasteiger partial charge is 0.0170 e. The first kappa shape index (κ1) is 9.57. The topological polar surface area (TPSA) is 0 Å². The van der Waals surface area contributed by atoms with E-state index in [1.807, 2.05) is 0 Å². The molecule has 0 aromatic carbocycles. The first-order valence-electron chi connectivity index (χ1n) is 4.98. The third kappa shape index (κ3) is 2.23. The summed E-state index contributed by atoms with van der Waals surface area (Å²) in [5, 5.41) is 0. The van der Waals surface area contributed by atoms with Crippen LogP contribution < -0.4 is 0 Å². The van der Waals surface area contributed by atoms with Crippen molar-refractivity contribution in [3.8, 4) is 0 Å². The minimum absolute atomic E-state index is 0.719. The van der Waals surface area contributed by atoms with Gasteiger partial charge in [0.25, 0.3) is 0 Å². The third-order valence-corrected chi connectivity index (χ3v) is 2.74. The van der Waals surface area contributed by atoms with E-state index < -0.39 is 0 Å². The average Bonchev–Trinajstić information content (AvgIpc) is 2.04. The van der Waals surface area contributed by atoms with Crippen LogP contribution in [0.2, 0.25) is 0 Å². The molecule has 0 heterocycles. The molecule has 0 aliphatic heterocycles. The molecular weight excluding hydrogens is 144 g/mol. The molecule has 0 amide bonds. The van der Waals surface area contributed by atoms with E-state index in [9.17, 15) is 0 Å². The third-order valence-electron chi connectivity index (χ3n) is 2.74. The summed E-state index contributed by atoms with van der Waals surface area (Å²) in [5.41, 5.74) is 1.61. The van der Waals surface area contributed by atoms with Crippen molar-refractivity contribution in [1.82, 2.24) is 0 Å². The second kappa shape index (κ2) is 3.93. The molecular formula is C12H20. The van der Waals surface area contributed by atoms with Crippen molar-refractivity contribution in [3.05, 3.63) is 23.8 Å². The summed E-state index contributed by atoms with van der Waals surface area (Å²) in [4.78, 5) is 0. The molecule has 0 nitrogen and oxygen atoms in total. The van der Waals surface area contributed by atoms with E-state index in [0.29, 0.717) is 0 Å². The van der Waals surface area contributed by atoms with Gasteiger partial charge < -0.3 is 0 Å². The molecule has 0 saturated carbocycles. The van der Waals surface area contributed by atoms with Gasteiger partial charge in [-0.25, -0.2) is 0 Å². The van der Waals surface area contributed by atoms with Gasteiger partial charge >= 0.3 is 0 Å². The molecule has 1 atom stereocenters. The van der Waals surface area contributed by atoms with Crippen molar-refractivity contribution in [2.45, 2.75) is 34.1 Å². The standard InChI is InChI=1S/C12H20/c1-9(2)11-6-5-7-12(8-11)10(3)4/h5-7,9-11H,8H2,1-4H3. The molecule has 1 unspecified atom stereocenters. The summed E-state index contributed by atoms with van der Waals surface area (Å²) in [6, 6.07) is 0. The molecule has 0 radical (unpaired) electrons. The quantitative estimate of drug-likeness (QED) is 0.582. The van der Waals surface area contributed by atoms with E-state index in [1.54, 1.807) is 5.57 Å². The fourth-order valence-electron chi connectivity index (χ4n) is 1.62. The molecule has 0 saturated heterocycles. The van der Waals surface area contributed by atoms with Crippen LogP contribution >= 0.6 is 0 Å². The van der Waals surface area contributed by atoms with Gasteiger partial charge in [-0.15, -0.1) is 0 Å².